The molecule has 0 radical (unpaired) electrons. The highest BCUT2D eigenvalue weighted by Crippen LogP contribution is 2.64. The van der Waals surface area contributed by atoms with Crippen LogP contribution >= 0.6 is 0 Å². The molecular formula is C27H27NO2. The molecule has 3 nitrogen and oxygen atoms in total. The monoisotopic (exact) mass is 397 g/mol. The number of nitrogens with zero attached hydrogens (tertiary/aromatic N) is 1. The third-order valence-corrected chi connectivity index (χ3v) is 8.29. The van der Waals surface area contributed by atoms with Crippen molar-refractivity contribution in [2.45, 2.75) is 57.0 Å². The van der Waals surface area contributed by atoms with Crippen LogP contribution in [-0.2, 0) is 6.42 Å². The second kappa shape index (κ2) is 6.90. The zero-order valence-corrected chi connectivity index (χ0v) is 17.4. The zero-order chi connectivity index (χ0) is 20.9. The van der Waals surface area contributed by atoms with E-state index in [0.717, 1.165) is 44.1 Å². The van der Waals surface area contributed by atoms with Gasteiger partial charge in [-0.1, -0.05) is 24.8 Å². The molecule has 152 valence electrons. The number of nitriles is 1. The Morgan fingerprint density at radius 3 is 2.53 bits per heavy atom. The standard InChI is InChI=1S/C27H27NO2/c1-26-13-11-23-22-9-7-21(29)16-20(22)6-8-24(23)25(26)12-15-27(26,30)14-10-18-2-4-19(17-28)5-3-18/h2-5,7,9,16,23-25,29-30H,6,8,11-13,15H2,1H3/t23-,24-,25+,26+,27+/m1/s1. The Kier molecular flexibility index (Phi) is 4.42. The number of hydrogen-bond acceptors (Lipinski definition) is 3. The van der Waals surface area contributed by atoms with Gasteiger partial charge in [0.2, 0.25) is 0 Å². The van der Waals surface area contributed by atoms with E-state index in [-0.39, 0.29) is 5.41 Å². The number of rotatable bonds is 0. The minimum Gasteiger partial charge on any atom is -0.508 e. The maximum absolute atomic E-state index is 11.7. The van der Waals surface area contributed by atoms with Crippen molar-refractivity contribution in [2.24, 2.45) is 17.3 Å². The molecule has 2 saturated carbocycles. The molecule has 0 aromatic heterocycles. The van der Waals surface area contributed by atoms with Crippen molar-refractivity contribution in [1.82, 2.24) is 0 Å². The third kappa shape index (κ3) is 2.84. The maximum Gasteiger partial charge on any atom is 0.131 e. The molecule has 2 N–H and O–H groups in total. The fourth-order valence-corrected chi connectivity index (χ4v) is 6.59. The lowest BCUT2D eigenvalue weighted by atomic mass is 9.53. The number of aromatic hydroxyl groups is 1. The van der Waals surface area contributed by atoms with Crippen LogP contribution in [0.2, 0.25) is 0 Å². The summed E-state index contributed by atoms with van der Waals surface area (Å²) in [7, 11) is 0. The molecule has 0 unspecified atom stereocenters. The van der Waals surface area contributed by atoms with Crippen molar-refractivity contribution in [3.8, 4) is 23.7 Å². The predicted molar refractivity (Wildman–Crippen MR) is 116 cm³/mol. The van der Waals surface area contributed by atoms with Crippen LogP contribution in [0.1, 0.15) is 67.2 Å². The molecule has 2 fully saturated rings. The first-order chi connectivity index (χ1) is 14.4. The molecular weight excluding hydrogens is 370 g/mol. The fourth-order valence-electron chi connectivity index (χ4n) is 6.59. The first-order valence-corrected chi connectivity index (χ1v) is 11.0. The molecule has 3 heteroatoms. The van der Waals surface area contributed by atoms with Gasteiger partial charge >= 0.3 is 0 Å². The van der Waals surface area contributed by atoms with E-state index in [0.29, 0.717) is 29.1 Å². The minimum atomic E-state index is -0.966. The van der Waals surface area contributed by atoms with Crippen molar-refractivity contribution < 1.29 is 10.2 Å². The van der Waals surface area contributed by atoms with Gasteiger partial charge in [0.1, 0.15) is 11.4 Å². The van der Waals surface area contributed by atoms with Crippen LogP contribution in [0.25, 0.3) is 0 Å². The molecule has 0 saturated heterocycles. The SMILES string of the molecule is C[C@]12CC[C@@H]3c4ccc(O)cc4CC[C@H]3[C@@H]1CC[C@@]2(O)C#Cc1ccc(C#N)cc1. The number of phenols is 1. The summed E-state index contributed by atoms with van der Waals surface area (Å²) < 4.78 is 0. The summed E-state index contributed by atoms with van der Waals surface area (Å²) in [6, 6.07) is 15.3. The van der Waals surface area contributed by atoms with E-state index in [9.17, 15) is 10.2 Å². The number of aliphatic hydroxyl groups is 1. The Morgan fingerprint density at radius 2 is 1.77 bits per heavy atom. The normalized spacial score (nSPS) is 34.0. The second-order valence-electron chi connectivity index (χ2n) is 9.59. The van der Waals surface area contributed by atoms with Crippen LogP contribution in [0.4, 0.5) is 0 Å². The van der Waals surface area contributed by atoms with Crippen molar-refractivity contribution in [3.05, 3.63) is 64.7 Å². The molecule has 0 aliphatic heterocycles. The Balaban J connectivity index is 1.43. The quantitative estimate of drug-likeness (QED) is 0.621. The summed E-state index contributed by atoms with van der Waals surface area (Å²) in [5, 5.41) is 30.5. The van der Waals surface area contributed by atoms with Gasteiger partial charge in [-0.3, -0.25) is 0 Å². The van der Waals surface area contributed by atoms with Crippen molar-refractivity contribution in [2.75, 3.05) is 0 Å². The van der Waals surface area contributed by atoms with E-state index in [2.05, 4.69) is 30.9 Å². The second-order valence-corrected chi connectivity index (χ2v) is 9.59. The minimum absolute atomic E-state index is 0.192. The van der Waals surface area contributed by atoms with Gasteiger partial charge in [0.05, 0.1) is 11.6 Å². The summed E-state index contributed by atoms with van der Waals surface area (Å²) in [6.45, 7) is 2.25. The average Bonchev–Trinajstić information content (AvgIpc) is 3.03. The van der Waals surface area contributed by atoms with E-state index in [1.165, 1.54) is 11.1 Å². The van der Waals surface area contributed by atoms with E-state index in [4.69, 9.17) is 5.26 Å². The van der Waals surface area contributed by atoms with Gasteiger partial charge < -0.3 is 10.2 Å². The maximum atomic E-state index is 11.7. The van der Waals surface area contributed by atoms with Crippen LogP contribution in [0, 0.1) is 40.4 Å². The first-order valence-electron chi connectivity index (χ1n) is 11.0. The van der Waals surface area contributed by atoms with E-state index >= 15 is 0 Å². The number of hydrogen-bond donors (Lipinski definition) is 2. The van der Waals surface area contributed by atoms with Crippen LogP contribution in [0.15, 0.2) is 42.5 Å². The first kappa shape index (κ1) is 19.2. The Labute approximate surface area is 178 Å². The number of fused-ring (bicyclic) bond motifs is 5. The lowest BCUT2D eigenvalue weighted by Gasteiger charge is -2.52. The van der Waals surface area contributed by atoms with Crippen molar-refractivity contribution in [3.63, 3.8) is 0 Å². The van der Waals surface area contributed by atoms with E-state index in [1.807, 2.05) is 24.3 Å². The third-order valence-electron chi connectivity index (χ3n) is 8.29. The molecule has 0 spiro atoms. The lowest BCUT2D eigenvalue weighted by Crippen LogP contribution is -2.50. The molecule has 30 heavy (non-hydrogen) atoms. The van der Waals surface area contributed by atoms with Gasteiger partial charge in [-0.25, -0.2) is 0 Å². The number of aryl methyl sites for hydroxylation is 1. The van der Waals surface area contributed by atoms with Gasteiger partial charge in [0.25, 0.3) is 0 Å². The Bertz CT molecular complexity index is 1090. The highest BCUT2D eigenvalue weighted by molar-refractivity contribution is 5.43. The molecule has 0 amide bonds. The molecule has 5 atom stereocenters. The summed E-state index contributed by atoms with van der Waals surface area (Å²) in [5.41, 5.74) is 3.01. The highest BCUT2D eigenvalue weighted by Gasteiger charge is 2.61. The van der Waals surface area contributed by atoms with E-state index in [1.54, 1.807) is 12.1 Å². The fraction of sp³-hybridized carbons (Fsp3) is 0.444. The van der Waals surface area contributed by atoms with Crippen molar-refractivity contribution in [1.29, 1.82) is 5.26 Å². The predicted octanol–water partition coefficient (Wildman–Crippen LogP) is 4.90. The van der Waals surface area contributed by atoms with Gasteiger partial charge in [0.15, 0.2) is 0 Å². The summed E-state index contributed by atoms with van der Waals surface area (Å²) in [6.07, 6.45) is 5.91. The van der Waals surface area contributed by atoms with Gasteiger partial charge in [0, 0.05) is 11.0 Å². The molecule has 2 aromatic rings. The lowest BCUT2D eigenvalue weighted by molar-refractivity contribution is -0.0647. The molecule has 0 heterocycles. The largest absolute Gasteiger partial charge is 0.508 e. The van der Waals surface area contributed by atoms with Crippen LogP contribution in [-0.4, -0.2) is 15.8 Å². The molecule has 0 bridgehead atoms. The summed E-state index contributed by atoms with van der Waals surface area (Å²) in [4.78, 5) is 0. The summed E-state index contributed by atoms with van der Waals surface area (Å²) >= 11 is 0. The van der Waals surface area contributed by atoms with Crippen molar-refractivity contribution >= 4 is 0 Å². The van der Waals surface area contributed by atoms with Gasteiger partial charge in [-0.15, -0.1) is 0 Å². The topological polar surface area (TPSA) is 64.2 Å². The number of benzene rings is 2. The molecule has 2 aromatic carbocycles. The van der Waals surface area contributed by atoms with Gasteiger partial charge in [-0.2, -0.15) is 5.26 Å². The van der Waals surface area contributed by atoms with Crippen LogP contribution in [0.5, 0.6) is 5.75 Å². The van der Waals surface area contributed by atoms with E-state index < -0.39 is 5.60 Å². The Morgan fingerprint density at radius 1 is 1.00 bits per heavy atom. The number of phenolic OH excluding ortho intramolecular Hbond substituents is 1. The van der Waals surface area contributed by atoms with Crippen LogP contribution in [0.3, 0.4) is 0 Å². The average molecular weight is 398 g/mol. The molecule has 5 rings (SSSR count). The van der Waals surface area contributed by atoms with Gasteiger partial charge in [-0.05, 0) is 104 Å². The Hall–Kier alpha value is -2.75. The summed E-state index contributed by atoms with van der Waals surface area (Å²) in [5.74, 6) is 8.39. The smallest absolute Gasteiger partial charge is 0.131 e. The molecule has 3 aliphatic carbocycles. The van der Waals surface area contributed by atoms with Crippen LogP contribution < -0.4 is 0 Å². The molecule has 3 aliphatic rings. The highest BCUT2D eigenvalue weighted by atomic mass is 16.3. The zero-order valence-electron chi connectivity index (χ0n) is 17.4.